The highest BCUT2D eigenvalue weighted by molar-refractivity contribution is 5.25. The summed E-state index contributed by atoms with van der Waals surface area (Å²) in [5.41, 5.74) is 4.53. The molecule has 0 aliphatic carbocycles. The van der Waals surface area contributed by atoms with Gasteiger partial charge in [-0.1, -0.05) is 26.0 Å². The molecule has 3 N–H and O–H groups in total. The third kappa shape index (κ3) is 2.19. The number of nitrogens with two attached hydrogens (primary N) is 1. The summed E-state index contributed by atoms with van der Waals surface area (Å²) in [6.07, 6.45) is 0. The van der Waals surface area contributed by atoms with Crippen LogP contribution in [0.2, 0.25) is 0 Å². The Kier molecular flexibility index (Phi) is 3.16. The van der Waals surface area contributed by atoms with Gasteiger partial charge in [-0.05, 0) is 24.6 Å². The Labute approximate surface area is 89.9 Å². The van der Waals surface area contributed by atoms with E-state index in [0.29, 0.717) is 12.1 Å². The molecule has 1 rings (SSSR count). The second kappa shape index (κ2) is 3.91. The molecule has 84 valence electrons. The maximum absolute atomic E-state index is 13.0. The standard InChI is InChI=1S/C12H18FNO/c1-11(2,8-14)12(3,15)9-5-4-6-10(13)7-9/h4-7,15H,8,14H2,1-3H3. The third-order valence-electron chi connectivity index (χ3n) is 3.21. The van der Waals surface area contributed by atoms with E-state index < -0.39 is 11.0 Å². The maximum atomic E-state index is 13.0. The van der Waals surface area contributed by atoms with Crippen LogP contribution in [0.5, 0.6) is 0 Å². The molecule has 15 heavy (non-hydrogen) atoms. The van der Waals surface area contributed by atoms with Crippen LogP contribution in [0.25, 0.3) is 0 Å². The van der Waals surface area contributed by atoms with Gasteiger partial charge in [-0.2, -0.15) is 0 Å². The van der Waals surface area contributed by atoms with E-state index in [0.717, 1.165) is 0 Å². The van der Waals surface area contributed by atoms with Crippen molar-refractivity contribution in [2.24, 2.45) is 11.1 Å². The molecule has 0 spiro atoms. The average molecular weight is 211 g/mol. The van der Waals surface area contributed by atoms with E-state index in [1.807, 2.05) is 13.8 Å². The Hall–Kier alpha value is -0.930. The predicted molar refractivity (Wildman–Crippen MR) is 58.8 cm³/mol. The minimum absolute atomic E-state index is 0.330. The summed E-state index contributed by atoms with van der Waals surface area (Å²) in [6.45, 7) is 5.71. The normalized spacial score (nSPS) is 16.1. The van der Waals surface area contributed by atoms with Gasteiger partial charge in [0, 0.05) is 12.0 Å². The van der Waals surface area contributed by atoms with Crippen molar-refractivity contribution in [2.75, 3.05) is 6.54 Å². The van der Waals surface area contributed by atoms with Crippen molar-refractivity contribution in [1.82, 2.24) is 0 Å². The van der Waals surface area contributed by atoms with Gasteiger partial charge >= 0.3 is 0 Å². The molecule has 0 saturated heterocycles. The zero-order valence-corrected chi connectivity index (χ0v) is 9.42. The van der Waals surface area contributed by atoms with Gasteiger partial charge in [0.1, 0.15) is 5.82 Å². The molecular formula is C12H18FNO. The van der Waals surface area contributed by atoms with Crippen molar-refractivity contribution in [3.05, 3.63) is 35.6 Å². The largest absolute Gasteiger partial charge is 0.385 e. The molecule has 0 radical (unpaired) electrons. The van der Waals surface area contributed by atoms with E-state index in [2.05, 4.69) is 0 Å². The Morgan fingerprint density at radius 3 is 2.40 bits per heavy atom. The van der Waals surface area contributed by atoms with E-state index in [1.165, 1.54) is 12.1 Å². The fourth-order valence-electron chi connectivity index (χ4n) is 1.38. The molecular weight excluding hydrogens is 193 g/mol. The lowest BCUT2D eigenvalue weighted by Gasteiger charge is -2.39. The molecule has 0 aliphatic heterocycles. The molecule has 1 aromatic carbocycles. The lowest BCUT2D eigenvalue weighted by molar-refractivity contribution is -0.0523. The van der Waals surface area contributed by atoms with Crippen LogP contribution in [0, 0.1) is 11.2 Å². The number of halogens is 1. The average Bonchev–Trinajstić information content (AvgIpc) is 2.17. The van der Waals surface area contributed by atoms with E-state index >= 15 is 0 Å². The molecule has 3 heteroatoms. The van der Waals surface area contributed by atoms with E-state index in [1.54, 1.807) is 19.1 Å². The van der Waals surface area contributed by atoms with E-state index in [9.17, 15) is 9.50 Å². The molecule has 0 fully saturated rings. The molecule has 1 atom stereocenters. The molecule has 0 heterocycles. The van der Waals surface area contributed by atoms with E-state index in [4.69, 9.17) is 5.73 Å². The van der Waals surface area contributed by atoms with Crippen molar-refractivity contribution in [3.8, 4) is 0 Å². The van der Waals surface area contributed by atoms with Crippen LogP contribution in [0.4, 0.5) is 4.39 Å². The number of aliphatic hydroxyl groups is 1. The summed E-state index contributed by atoms with van der Waals surface area (Å²) in [5.74, 6) is -0.347. The molecule has 1 unspecified atom stereocenters. The van der Waals surface area contributed by atoms with Crippen LogP contribution < -0.4 is 5.73 Å². The first-order valence-electron chi connectivity index (χ1n) is 5.00. The van der Waals surface area contributed by atoms with Crippen LogP contribution in [0.15, 0.2) is 24.3 Å². The van der Waals surface area contributed by atoms with Gasteiger partial charge in [0.05, 0.1) is 5.60 Å². The fraction of sp³-hybridized carbons (Fsp3) is 0.500. The Balaban J connectivity index is 3.16. The summed E-state index contributed by atoms with van der Waals surface area (Å²) in [4.78, 5) is 0. The molecule has 0 aliphatic rings. The van der Waals surface area contributed by atoms with Crippen molar-refractivity contribution < 1.29 is 9.50 Å². The first-order valence-corrected chi connectivity index (χ1v) is 5.00. The highest BCUT2D eigenvalue weighted by Crippen LogP contribution is 2.38. The van der Waals surface area contributed by atoms with Crippen molar-refractivity contribution in [3.63, 3.8) is 0 Å². The first kappa shape index (κ1) is 12.1. The Morgan fingerprint density at radius 2 is 1.93 bits per heavy atom. The topological polar surface area (TPSA) is 46.2 Å². The summed E-state index contributed by atoms with van der Waals surface area (Å²) >= 11 is 0. The van der Waals surface area contributed by atoms with Crippen molar-refractivity contribution >= 4 is 0 Å². The van der Waals surface area contributed by atoms with Crippen molar-refractivity contribution in [1.29, 1.82) is 0 Å². The van der Waals surface area contributed by atoms with Crippen LogP contribution in [-0.2, 0) is 5.60 Å². The van der Waals surface area contributed by atoms with Crippen LogP contribution in [0.1, 0.15) is 26.3 Å². The molecule has 0 saturated carbocycles. The zero-order valence-electron chi connectivity index (χ0n) is 9.42. The Bertz CT molecular complexity index is 347. The molecule has 0 aromatic heterocycles. The quantitative estimate of drug-likeness (QED) is 0.803. The lowest BCUT2D eigenvalue weighted by Crippen LogP contribution is -2.44. The number of hydrogen-bond donors (Lipinski definition) is 2. The van der Waals surface area contributed by atoms with Crippen molar-refractivity contribution in [2.45, 2.75) is 26.4 Å². The summed E-state index contributed by atoms with van der Waals surface area (Å²) in [7, 11) is 0. The molecule has 1 aromatic rings. The highest BCUT2D eigenvalue weighted by atomic mass is 19.1. The minimum Gasteiger partial charge on any atom is -0.385 e. The summed E-state index contributed by atoms with van der Waals surface area (Å²) in [5, 5.41) is 10.4. The van der Waals surface area contributed by atoms with Crippen LogP contribution >= 0.6 is 0 Å². The second-order valence-corrected chi connectivity index (χ2v) is 4.67. The van der Waals surface area contributed by atoms with Gasteiger partial charge in [-0.25, -0.2) is 4.39 Å². The number of benzene rings is 1. The monoisotopic (exact) mass is 211 g/mol. The molecule has 0 amide bonds. The number of hydrogen-bond acceptors (Lipinski definition) is 2. The van der Waals surface area contributed by atoms with Gasteiger partial charge in [0.15, 0.2) is 0 Å². The minimum atomic E-state index is -1.14. The van der Waals surface area contributed by atoms with Gasteiger partial charge in [0.2, 0.25) is 0 Å². The number of rotatable bonds is 3. The second-order valence-electron chi connectivity index (χ2n) is 4.67. The SMILES string of the molecule is CC(C)(CN)C(C)(O)c1cccc(F)c1. The molecule has 0 bridgehead atoms. The zero-order chi connectivity index (χ0) is 11.7. The van der Waals surface area contributed by atoms with E-state index in [-0.39, 0.29) is 5.82 Å². The maximum Gasteiger partial charge on any atom is 0.123 e. The molecule has 2 nitrogen and oxygen atoms in total. The lowest BCUT2D eigenvalue weighted by atomic mass is 9.72. The predicted octanol–water partition coefficient (Wildman–Crippen LogP) is 2.02. The third-order valence-corrected chi connectivity index (χ3v) is 3.21. The van der Waals surface area contributed by atoms with Gasteiger partial charge in [0.25, 0.3) is 0 Å². The fourth-order valence-corrected chi connectivity index (χ4v) is 1.38. The summed E-state index contributed by atoms with van der Waals surface area (Å²) in [6, 6.07) is 6.00. The van der Waals surface area contributed by atoms with Gasteiger partial charge < -0.3 is 10.8 Å². The smallest absolute Gasteiger partial charge is 0.123 e. The van der Waals surface area contributed by atoms with Gasteiger partial charge in [-0.15, -0.1) is 0 Å². The highest BCUT2D eigenvalue weighted by Gasteiger charge is 2.39. The van der Waals surface area contributed by atoms with Gasteiger partial charge in [-0.3, -0.25) is 0 Å². The summed E-state index contributed by atoms with van der Waals surface area (Å²) < 4.78 is 13.0. The van der Waals surface area contributed by atoms with Crippen LogP contribution in [-0.4, -0.2) is 11.7 Å². The first-order chi connectivity index (χ1) is 6.81. The Morgan fingerprint density at radius 1 is 1.33 bits per heavy atom. The van der Waals surface area contributed by atoms with Crippen LogP contribution in [0.3, 0.4) is 0 Å².